The Morgan fingerprint density at radius 2 is 2.00 bits per heavy atom. The highest BCUT2D eigenvalue weighted by Gasteiger charge is 2.12. The second-order valence-electron chi connectivity index (χ2n) is 6.20. The summed E-state index contributed by atoms with van der Waals surface area (Å²) in [6.07, 6.45) is 3.17. The Kier molecular flexibility index (Phi) is 6.12. The molecule has 4 rings (SSSR count). The van der Waals surface area contributed by atoms with Crippen molar-refractivity contribution in [3.63, 3.8) is 0 Å². The summed E-state index contributed by atoms with van der Waals surface area (Å²) in [6, 6.07) is 12.0. The number of hydrogen-bond acceptors (Lipinski definition) is 6. The zero-order chi connectivity index (χ0) is 20.1. The number of halogens is 1. The molecule has 0 saturated heterocycles. The van der Waals surface area contributed by atoms with E-state index in [-0.39, 0.29) is 18.5 Å². The summed E-state index contributed by atoms with van der Waals surface area (Å²) < 4.78 is 23.5. The topological polar surface area (TPSA) is 60.5 Å². The van der Waals surface area contributed by atoms with E-state index < -0.39 is 0 Å². The number of thiazole rings is 1. The Morgan fingerprint density at radius 3 is 2.86 bits per heavy atom. The van der Waals surface area contributed by atoms with Crippen LogP contribution in [0.15, 0.2) is 53.9 Å². The van der Waals surface area contributed by atoms with Crippen LogP contribution in [-0.4, -0.2) is 17.7 Å². The van der Waals surface area contributed by atoms with Gasteiger partial charge in [-0.2, -0.15) is 11.8 Å². The summed E-state index contributed by atoms with van der Waals surface area (Å²) in [4.78, 5) is 16.6. The SMILES string of the molecule is O=C(/C=C/c1ccc2c(c1)OCO2)Nc1nc(CSCc2ccc(F)cc2)cs1. The van der Waals surface area contributed by atoms with Crippen LogP contribution in [0.4, 0.5) is 9.52 Å². The van der Waals surface area contributed by atoms with E-state index in [1.54, 1.807) is 30.0 Å². The monoisotopic (exact) mass is 428 g/mol. The van der Waals surface area contributed by atoms with Crippen LogP contribution in [0.25, 0.3) is 6.08 Å². The average molecular weight is 429 g/mol. The van der Waals surface area contributed by atoms with Crippen molar-refractivity contribution in [1.82, 2.24) is 4.98 Å². The Bertz CT molecular complexity index is 1030. The first-order valence-corrected chi connectivity index (χ1v) is 10.8. The molecule has 1 aromatic heterocycles. The molecule has 5 nitrogen and oxygen atoms in total. The minimum Gasteiger partial charge on any atom is -0.454 e. The molecule has 29 heavy (non-hydrogen) atoms. The summed E-state index contributed by atoms with van der Waals surface area (Å²) in [6.45, 7) is 0.220. The van der Waals surface area contributed by atoms with Gasteiger partial charge in [0.1, 0.15) is 5.82 Å². The van der Waals surface area contributed by atoms with Crippen molar-refractivity contribution in [3.8, 4) is 11.5 Å². The molecule has 148 valence electrons. The Balaban J connectivity index is 1.26. The molecule has 0 radical (unpaired) electrons. The van der Waals surface area contributed by atoms with E-state index in [0.29, 0.717) is 16.6 Å². The molecule has 0 aliphatic carbocycles. The van der Waals surface area contributed by atoms with Crippen LogP contribution >= 0.6 is 23.1 Å². The predicted octanol–water partition coefficient (Wildman–Crippen LogP) is 5.10. The van der Waals surface area contributed by atoms with Gasteiger partial charge in [0.05, 0.1) is 5.69 Å². The van der Waals surface area contributed by atoms with E-state index in [1.165, 1.54) is 29.5 Å². The lowest BCUT2D eigenvalue weighted by Crippen LogP contribution is -2.07. The van der Waals surface area contributed by atoms with E-state index in [4.69, 9.17) is 9.47 Å². The van der Waals surface area contributed by atoms with Gasteiger partial charge in [-0.25, -0.2) is 9.37 Å². The highest BCUT2D eigenvalue weighted by Crippen LogP contribution is 2.32. The Morgan fingerprint density at radius 1 is 1.17 bits per heavy atom. The lowest BCUT2D eigenvalue weighted by Gasteiger charge is -2.00. The van der Waals surface area contributed by atoms with Gasteiger partial charge in [-0.1, -0.05) is 18.2 Å². The van der Waals surface area contributed by atoms with Crippen LogP contribution in [0.1, 0.15) is 16.8 Å². The van der Waals surface area contributed by atoms with Gasteiger partial charge in [0.2, 0.25) is 12.7 Å². The summed E-state index contributed by atoms with van der Waals surface area (Å²) in [5, 5.41) is 5.26. The largest absolute Gasteiger partial charge is 0.454 e. The van der Waals surface area contributed by atoms with Crippen molar-refractivity contribution in [2.45, 2.75) is 11.5 Å². The number of ether oxygens (including phenoxy) is 2. The number of anilines is 1. The van der Waals surface area contributed by atoms with Gasteiger partial charge < -0.3 is 9.47 Å². The molecule has 0 spiro atoms. The number of carbonyl (C=O) groups excluding carboxylic acids is 1. The van der Waals surface area contributed by atoms with E-state index >= 15 is 0 Å². The zero-order valence-electron chi connectivity index (χ0n) is 15.3. The van der Waals surface area contributed by atoms with Gasteiger partial charge >= 0.3 is 0 Å². The highest BCUT2D eigenvalue weighted by atomic mass is 32.2. The number of rotatable bonds is 7. The van der Waals surface area contributed by atoms with E-state index in [1.807, 2.05) is 23.6 Å². The van der Waals surface area contributed by atoms with Gasteiger partial charge in [0.15, 0.2) is 16.6 Å². The van der Waals surface area contributed by atoms with Crippen molar-refractivity contribution in [3.05, 3.63) is 76.6 Å². The second-order valence-corrected chi connectivity index (χ2v) is 8.04. The van der Waals surface area contributed by atoms with Crippen molar-refractivity contribution in [1.29, 1.82) is 0 Å². The maximum Gasteiger partial charge on any atom is 0.250 e. The number of carbonyl (C=O) groups is 1. The molecule has 0 fully saturated rings. The van der Waals surface area contributed by atoms with Gasteiger partial charge in [0, 0.05) is 23.0 Å². The molecule has 0 bridgehead atoms. The van der Waals surface area contributed by atoms with Crippen LogP contribution in [0.3, 0.4) is 0 Å². The minimum absolute atomic E-state index is 0.220. The number of thioether (sulfide) groups is 1. The van der Waals surface area contributed by atoms with Crippen LogP contribution in [0.5, 0.6) is 11.5 Å². The first-order valence-electron chi connectivity index (χ1n) is 8.81. The zero-order valence-corrected chi connectivity index (χ0v) is 16.9. The van der Waals surface area contributed by atoms with Gasteiger partial charge in [-0.15, -0.1) is 11.3 Å². The fourth-order valence-corrected chi connectivity index (χ4v) is 4.33. The lowest BCUT2D eigenvalue weighted by atomic mass is 10.2. The molecule has 3 aromatic rings. The molecular weight excluding hydrogens is 411 g/mol. The third-order valence-electron chi connectivity index (χ3n) is 4.04. The average Bonchev–Trinajstić information content (AvgIpc) is 3.37. The number of nitrogens with one attached hydrogen (secondary N) is 1. The van der Waals surface area contributed by atoms with Crippen molar-refractivity contribution in [2.75, 3.05) is 12.1 Å². The Labute approximate surface area is 175 Å². The maximum absolute atomic E-state index is 12.9. The number of amides is 1. The Hall–Kier alpha value is -2.84. The molecular formula is C21H17FN2O3S2. The van der Waals surface area contributed by atoms with Crippen LogP contribution in [0.2, 0.25) is 0 Å². The number of fused-ring (bicyclic) bond motifs is 1. The fourth-order valence-electron chi connectivity index (χ4n) is 2.62. The van der Waals surface area contributed by atoms with Crippen molar-refractivity contribution >= 4 is 40.2 Å². The van der Waals surface area contributed by atoms with Crippen LogP contribution < -0.4 is 14.8 Å². The molecule has 1 aliphatic rings. The number of benzene rings is 2. The van der Waals surface area contributed by atoms with Gasteiger partial charge in [0.25, 0.3) is 0 Å². The van der Waals surface area contributed by atoms with Crippen LogP contribution in [-0.2, 0) is 16.3 Å². The second kappa shape index (κ2) is 9.11. The molecule has 2 aromatic carbocycles. The molecule has 2 heterocycles. The van der Waals surface area contributed by atoms with Gasteiger partial charge in [-0.3, -0.25) is 10.1 Å². The molecule has 0 unspecified atom stereocenters. The molecule has 8 heteroatoms. The quantitative estimate of drug-likeness (QED) is 0.531. The standard InChI is InChI=1S/C21H17FN2O3S2/c22-16-5-1-15(2-6-16)10-28-11-17-12-29-21(23-17)24-20(25)8-4-14-3-7-18-19(9-14)27-13-26-18/h1-9,12H,10-11,13H2,(H,23,24,25)/b8-4+. The third-order valence-corrected chi connectivity index (χ3v) is 5.88. The maximum atomic E-state index is 12.9. The summed E-state index contributed by atoms with van der Waals surface area (Å²) in [5.41, 5.74) is 2.81. The fraction of sp³-hybridized carbons (Fsp3) is 0.143. The number of aromatic nitrogens is 1. The van der Waals surface area contributed by atoms with E-state index in [0.717, 1.165) is 28.3 Å². The van der Waals surface area contributed by atoms with Crippen molar-refractivity contribution < 1.29 is 18.7 Å². The molecule has 1 aliphatic heterocycles. The molecule has 1 N–H and O–H groups in total. The van der Waals surface area contributed by atoms with Crippen LogP contribution in [0, 0.1) is 5.82 Å². The molecule has 0 atom stereocenters. The smallest absolute Gasteiger partial charge is 0.250 e. The summed E-state index contributed by atoms with van der Waals surface area (Å²) in [5.74, 6) is 2.40. The number of hydrogen-bond donors (Lipinski definition) is 1. The van der Waals surface area contributed by atoms with E-state index in [9.17, 15) is 9.18 Å². The molecule has 0 saturated carbocycles. The first-order chi connectivity index (χ1) is 14.2. The van der Waals surface area contributed by atoms with Crippen molar-refractivity contribution in [2.24, 2.45) is 0 Å². The predicted molar refractivity (Wildman–Crippen MR) is 114 cm³/mol. The lowest BCUT2D eigenvalue weighted by molar-refractivity contribution is -0.111. The molecule has 1 amide bonds. The first kappa shape index (κ1) is 19.5. The summed E-state index contributed by atoms with van der Waals surface area (Å²) >= 11 is 3.08. The number of nitrogens with zero attached hydrogens (tertiary/aromatic N) is 1. The van der Waals surface area contributed by atoms with E-state index in [2.05, 4.69) is 10.3 Å². The third kappa shape index (κ3) is 5.36. The minimum atomic E-state index is -0.248. The normalized spacial score (nSPS) is 12.4. The summed E-state index contributed by atoms with van der Waals surface area (Å²) in [7, 11) is 0. The highest BCUT2D eigenvalue weighted by molar-refractivity contribution is 7.97. The van der Waals surface area contributed by atoms with Gasteiger partial charge in [-0.05, 0) is 41.5 Å².